The number of anilines is 2. The second-order valence-corrected chi connectivity index (χ2v) is 6.11. The van der Waals surface area contributed by atoms with E-state index in [0.29, 0.717) is 15.2 Å². The molecule has 0 radical (unpaired) electrons. The first-order chi connectivity index (χ1) is 12.8. The van der Waals surface area contributed by atoms with Crippen molar-refractivity contribution in [2.45, 2.75) is 13.1 Å². The van der Waals surface area contributed by atoms with Gasteiger partial charge in [-0.25, -0.2) is 4.68 Å². The zero-order valence-electron chi connectivity index (χ0n) is 13.7. The van der Waals surface area contributed by atoms with E-state index in [0.717, 1.165) is 11.4 Å². The van der Waals surface area contributed by atoms with Crippen LogP contribution >= 0.6 is 11.6 Å². The lowest BCUT2D eigenvalue weighted by Crippen LogP contribution is -2.13. The molecule has 0 amide bonds. The average molecular weight is 394 g/mol. The monoisotopic (exact) mass is 393 g/mol. The normalized spacial score (nSPS) is 11.9. The molecular weight excluding hydrogens is 383 g/mol. The molecule has 0 saturated heterocycles. The minimum Gasteiger partial charge on any atom is -0.336 e. The molecule has 1 aromatic carbocycles. The Kier molecular flexibility index (Phi) is 3.99. The van der Waals surface area contributed by atoms with Gasteiger partial charge in [0.25, 0.3) is 5.82 Å². The van der Waals surface area contributed by atoms with Crippen LogP contribution in [-0.2, 0) is 6.18 Å². The highest BCUT2D eigenvalue weighted by Gasteiger charge is 2.37. The summed E-state index contributed by atoms with van der Waals surface area (Å²) in [5.74, 6) is -0.992. The lowest BCUT2D eigenvalue weighted by molar-refractivity contribution is -0.146. The zero-order chi connectivity index (χ0) is 19.2. The molecule has 3 heterocycles. The molecule has 4 aromatic rings. The molecule has 27 heavy (non-hydrogen) atoms. The van der Waals surface area contributed by atoms with Gasteiger partial charge in [0.15, 0.2) is 11.5 Å². The van der Waals surface area contributed by atoms with Gasteiger partial charge in [-0.2, -0.15) is 22.8 Å². The Morgan fingerprint density at radius 2 is 1.93 bits per heavy atom. The summed E-state index contributed by atoms with van der Waals surface area (Å²) in [5, 5.41) is 18.4. The molecule has 4 rings (SSSR count). The van der Waals surface area contributed by atoms with Gasteiger partial charge in [0.2, 0.25) is 0 Å². The number of hydrogen-bond acceptors (Lipinski definition) is 5. The van der Waals surface area contributed by atoms with Crippen molar-refractivity contribution in [1.82, 2.24) is 29.6 Å². The van der Waals surface area contributed by atoms with Crippen molar-refractivity contribution in [2.75, 3.05) is 5.32 Å². The van der Waals surface area contributed by atoms with Gasteiger partial charge in [-0.05, 0) is 37.3 Å². The maximum Gasteiger partial charge on any atom is 0.453 e. The van der Waals surface area contributed by atoms with Crippen LogP contribution in [0.5, 0.6) is 0 Å². The molecule has 138 valence electrons. The average Bonchev–Trinajstić information content (AvgIpc) is 3.19. The lowest BCUT2D eigenvalue weighted by atomic mass is 10.3. The molecule has 0 aliphatic rings. The highest BCUT2D eigenvalue weighted by Crippen LogP contribution is 2.28. The molecule has 1 N–H and O–H groups in total. The Hall–Kier alpha value is -3.14. The second kappa shape index (κ2) is 6.23. The van der Waals surface area contributed by atoms with E-state index in [-0.39, 0.29) is 11.5 Å². The minimum absolute atomic E-state index is 0.000723. The summed E-state index contributed by atoms with van der Waals surface area (Å²) in [5.41, 5.74) is 2.08. The highest BCUT2D eigenvalue weighted by atomic mass is 35.5. The first kappa shape index (κ1) is 17.3. The Labute approximate surface area is 155 Å². The first-order valence-electron chi connectivity index (χ1n) is 7.70. The maximum atomic E-state index is 13.0. The largest absolute Gasteiger partial charge is 0.453 e. The molecule has 0 aliphatic heterocycles. The number of fused-ring (bicyclic) bond motifs is 1. The van der Waals surface area contributed by atoms with E-state index in [4.69, 9.17) is 11.6 Å². The number of nitrogens with one attached hydrogen (secondary N) is 1. The Morgan fingerprint density at radius 3 is 2.67 bits per heavy atom. The Morgan fingerprint density at radius 1 is 1.11 bits per heavy atom. The summed E-state index contributed by atoms with van der Waals surface area (Å²) in [6, 6.07) is 10.1. The fourth-order valence-electron chi connectivity index (χ4n) is 2.57. The van der Waals surface area contributed by atoms with E-state index in [9.17, 15) is 13.2 Å². The van der Waals surface area contributed by atoms with Crippen molar-refractivity contribution in [3.05, 3.63) is 59.1 Å². The predicted molar refractivity (Wildman–Crippen MR) is 92.4 cm³/mol. The fraction of sp³-hybridized carbons (Fsp3) is 0.125. The van der Waals surface area contributed by atoms with Crippen LogP contribution in [0.2, 0.25) is 5.02 Å². The molecule has 0 bridgehead atoms. The standard InChI is InChI=1S/C16H11ClF3N7/c1-9-12(8-21-26(9)11-4-2-3-10(17)7-11)22-13-5-6-14-23-24-15(16(18,19)20)27(14)25-13/h2-8H,1H3,(H,22,25). The number of rotatable bonds is 3. The number of aromatic nitrogens is 6. The minimum atomic E-state index is -4.65. The molecule has 0 fully saturated rings. The topological polar surface area (TPSA) is 72.9 Å². The smallest absolute Gasteiger partial charge is 0.336 e. The van der Waals surface area contributed by atoms with Crippen molar-refractivity contribution in [1.29, 1.82) is 0 Å². The third kappa shape index (κ3) is 3.19. The lowest BCUT2D eigenvalue weighted by Gasteiger charge is -2.08. The van der Waals surface area contributed by atoms with E-state index in [1.807, 2.05) is 13.0 Å². The van der Waals surface area contributed by atoms with Gasteiger partial charge < -0.3 is 5.32 Å². The van der Waals surface area contributed by atoms with Crippen molar-refractivity contribution < 1.29 is 13.2 Å². The van der Waals surface area contributed by atoms with Crippen LogP contribution in [0.25, 0.3) is 11.3 Å². The quantitative estimate of drug-likeness (QED) is 0.569. The third-order valence-corrected chi connectivity index (χ3v) is 4.08. The molecule has 0 atom stereocenters. The van der Waals surface area contributed by atoms with Gasteiger partial charge in [0.05, 0.1) is 23.3 Å². The van der Waals surface area contributed by atoms with E-state index < -0.39 is 12.0 Å². The van der Waals surface area contributed by atoms with Crippen LogP contribution in [0.3, 0.4) is 0 Å². The fourth-order valence-corrected chi connectivity index (χ4v) is 2.76. The Bertz CT molecular complexity index is 1130. The van der Waals surface area contributed by atoms with Gasteiger partial charge in [-0.1, -0.05) is 17.7 Å². The van der Waals surface area contributed by atoms with Gasteiger partial charge in [0, 0.05) is 5.02 Å². The molecule has 0 unspecified atom stereocenters. The number of halogens is 4. The first-order valence-corrected chi connectivity index (χ1v) is 8.08. The summed E-state index contributed by atoms with van der Waals surface area (Å²) >= 11 is 6.01. The molecule has 0 spiro atoms. The van der Waals surface area contributed by atoms with Gasteiger partial charge >= 0.3 is 6.18 Å². The van der Waals surface area contributed by atoms with E-state index in [1.54, 1.807) is 29.1 Å². The molecule has 0 saturated carbocycles. The zero-order valence-corrected chi connectivity index (χ0v) is 14.5. The predicted octanol–water partition coefficient (Wildman–Crippen LogP) is 4.03. The van der Waals surface area contributed by atoms with Crippen LogP contribution in [0.4, 0.5) is 24.7 Å². The molecule has 0 aliphatic carbocycles. The highest BCUT2D eigenvalue weighted by molar-refractivity contribution is 6.30. The van der Waals surface area contributed by atoms with Crippen molar-refractivity contribution in [2.24, 2.45) is 0 Å². The van der Waals surface area contributed by atoms with Crippen molar-refractivity contribution >= 4 is 28.8 Å². The number of hydrogen-bond donors (Lipinski definition) is 1. The van der Waals surface area contributed by atoms with Crippen LogP contribution in [0.15, 0.2) is 42.6 Å². The van der Waals surface area contributed by atoms with Crippen molar-refractivity contribution in [3.8, 4) is 5.69 Å². The summed E-state index contributed by atoms with van der Waals surface area (Å²) in [4.78, 5) is 0. The summed E-state index contributed by atoms with van der Waals surface area (Å²) in [6.45, 7) is 1.81. The van der Waals surface area contributed by atoms with Crippen LogP contribution < -0.4 is 5.32 Å². The van der Waals surface area contributed by atoms with E-state index >= 15 is 0 Å². The van der Waals surface area contributed by atoms with Crippen LogP contribution in [0.1, 0.15) is 11.5 Å². The Balaban J connectivity index is 1.69. The maximum absolute atomic E-state index is 13.0. The SMILES string of the molecule is Cc1c(Nc2ccc3nnc(C(F)(F)F)n3n2)cnn1-c1cccc(Cl)c1. The van der Waals surface area contributed by atoms with E-state index in [1.165, 1.54) is 12.1 Å². The van der Waals surface area contributed by atoms with Gasteiger partial charge in [-0.15, -0.1) is 15.3 Å². The van der Waals surface area contributed by atoms with Crippen LogP contribution in [-0.4, -0.2) is 29.6 Å². The number of benzene rings is 1. The molecular formula is C16H11ClF3N7. The van der Waals surface area contributed by atoms with Gasteiger partial charge in [0.1, 0.15) is 0 Å². The number of nitrogens with zero attached hydrogens (tertiary/aromatic N) is 6. The third-order valence-electron chi connectivity index (χ3n) is 3.84. The summed E-state index contributed by atoms with van der Waals surface area (Å²) in [6.07, 6.45) is -3.10. The van der Waals surface area contributed by atoms with Crippen molar-refractivity contribution in [3.63, 3.8) is 0 Å². The second-order valence-electron chi connectivity index (χ2n) is 5.67. The summed E-state index contributed by atoms with van der Waals surface area (Å²) < 4.78 is 41.3. The summed E-state index contributed by atoms with van der Waals surface area (Å²) in [7, 11) is 0. The van der Waals surface area contributed by atoms with Gasteiger partial charge in [-0.3, -0.25) is 0 Å². The molecule has 11 heteroatoms. The van der Waals surface area contributed by atoms with Crippen LogP contribution in [0, 0.1) is 6.92 Å². The molecule has 7 nitrogen and oxygen atoms in total. The molecule has 3 aromatic heterocycles. The van der Waals surface area contributed by atoms with E-state index in [2.05, 4.69) is 25.7 Å². The number of alkyl halides is 3.